The summed E-state index contributed by atoms with van der Waals surface area (Å²) in [6, 6.07) is -0.0741. The molecule has 1 N–H and O–H groups in total. The summed E-state index contributed by atoms with van der Waals surface area (Å²) in [4.78, 5) is 12.4. The van der Waals surface area contributed by atoms with Crippen molar-refractivity contribution in [2.24, 2.45) is 0 Å². The highest BCUT2D eigenvalue weighted by Gasteiger charge is 2.15. The van der Waals surface area contributed by atoms with Crippen molar-refractivity contribution < 1.29 is 4.42 Å². The molecule has 2 aromatic heterocycles. The van der Waals surface area contributed by atoms with E-state index >= 15 is 0 Å². The molecule has 1 unspecified atom stereocenters. The number of anilines is 1. The molecule has 1 atom stereocenters. The van der Waals surface area contributed by atoms with E-state index in [1.54, 1.807) is 6.20 Å². The second kappa shape index (κ2) is 5.35. The lowest BCUT2D eigenvalue weighted by molar-refractivity contribution is 0.453. The highest BCUT2D eigenvalue weighted by Crippen LogP contribution is 2.24. The standard InChI is InChI=1S/C12H15ClN4O/c1-4-9-10(13)15-6-16-11(9)17-8(3)12-14-5-7(2)18-12/h5-6,8H,4H2,1-3H3,(H,15,16,17). The van der Waals surface area contributed by atoms with Crippen LogP contribution in [0.25, 0.3) is 0 Å². The molecule has 2 aromatic rings. The second-order valence-corrected chi connectivity index (χ2v) is 4.38. The average Bonchev–Trinajstić information content (AvgIpc) is 2.76. The van der Waals surface area contributed by atoms with Crippen molar-refractivity contribution in [2.75, 3.05) is 5.32 Å². The number of rotatable bonds is 4. The molecule has 96 valence electrons. The van der Waals surface area contributed by atoms with Crippen molar-refractivity contribution in [1.82, 2.24) is 15.0 Å². The van der Waals surface area contributed by atoms with E-state index in [-0.39, 0.29) is 6.04 Å². The molecule has 6 heteroatoms. The quantitative estimate of drug-likeness (QED) is 0.861. The first kappa shape index (κ1) is 12.8. The molecule has 0 amide bonds. The minimum atomic E-state index is -0.0741. The number of nitrogens with zero attached hydrogens (tertiary/aromatic N) is 3. The molecule has 2 rings (SSSR count). The summed E-state index contributed by atoms with van der Waals surface area (Å²) in [5.41, 5.74) is 0.897. The highest BCUT2D eigenvalue weighted by atomic mass is 35.5. The molecule has 5 nitrogen and oxygen atoms in total. The SMILES string of the molecule is CCc1c(Cl)ncnc1NC(C)c1ncc(C)o1. The molecule has 2 heterocycles. The van der Waals surface area contributed by atoms with Gasteiger partial charge in [0.15, 0.2) is 0 Å². The fraction of sp³-hybridized carbons (Fsp3) is 0.417. The lowest BCUT2D eigenvalue weighted by atomic mass is 10.2. The Morgan fingerprint density at radius 2 is 2.17 bits per heavy atom. The van der Waals surface area contributed by atoms with E-state index in [4.69, 9.17) is 16.0 Å². The average molecular weight is 267 g/mol. The van der Waals surface area contributed by atoms with E-state index < -0.39 is 0 Å². The Morgan fingerprint density at radius 3 is 2.78 bits per heavy atom. The van der Waals surface area contributed by atoms with Gasteiger partial charge in [0.2, 0.25) is 5.89 Å². The molecule has 0 fully saturated rings. The first-order valence-electron chi connectivity index (χ1n) is 5.80. The van der Waals surface area contributed by atoms with Crippen LogP contribution in [0.15, 0.2) is 16.9 Å². The normalized spacial score (nSPS) is 12.4. The Balaban J connectivity index is 2.21. The third-order valence-electron chi connectivity index (χ3n) is 2.61. The van der Waals surface area contributed by atoms with Crippen molar-refractivity contribution in [3.8, 4) is 0 Å². The van der Waals surface area contributed by atoms with Crippen LogP contribution < -0.4 is 5.32 Å². The van der Waals surface area contributed by atoms with Crippen LogP contribution in [0.2, 0.25) is 5.15 Å². The van der Waals surface area contributed by atoms with E-state index in [1.807, 2.05) is 20.8 Å². The molecule has 0 saturated heterocycles. The van der Waals surface area contributed by atoms with Crippen LogP contribution in [-0.4, -0.2) is 15.0 Å². The molecule has 0 aliphatic carbocycles. The maximum atomic E-state index is 6.03. The number of halogens is 1. The monoisotopic (exact) mass is 266 g/mol. The van der Waals surface area contributed by atoms with Crippen molar-refractivity contribution >= 4 is 17.4 Å². The van der Waals surface area contributed by atoms with E-state index in [9.17, 15) is 0 Å². The Bertz CT molecular complexity index is 541. The zero-order chi connectivity index (χ0) is 13.1. The molecule has 0 aliphatic rings. The Labute approximate surface area is 111 Å². The van der Waals surface area contributed by atoms with Gasteiger partial charge in [-0.25, -0.2) is 15.0 Å². The number of aryl methyl sites for hydroxylation is 1. The van der Waals surface area contributed by atoms with Crippen LogP contribution in [0, 0.1) is 6.92 Å². The van der Waals surface area contributed by atoms with Crippen LogP contribution in [0.3, 0.4) is 0 Å². The maximum Gasteiger partial charge on any atom is 0.216 e. The molecule has 0 radical (unpaired) electrons. The first-order valence-corrected chi connectivity index (χ1v) is 6.17. The lowest BCUT2D eigenvalue weighted by Gasteiger charge is -2.14. The largest absolute Gasteiger partial charge is 0.444 e. The van der Waals surface area contributed by atoms with Gasteiger partial charge in [0, 0.05) is 5.56 Å². The van der Waals surface area contributed by atoms with Crippen LogP contribution in [-0.2, 0) is 6.42 Å². The molecule has 18 heavy (non-hydrogen) atoms. The van der Waals surface area contributed by atoms with Gasteiger partial charge < -0.3 is 9.73 Å². The van der Waals surface area contributed by atoms with Gasteiger partial charge in [-0.1, -0.05) is 18.5 Å². The molecular formula is C12H15ClN4O. The minimum absolute atomic E-state index is 0.0741. The predicted octanol–water partition coefficient (Wildman–Crippen LogP) is 3.16. The lowest BCUT2D eigenvalue weighted by Crippen LogP contribution is -2.10. The molecular weight excluding hydrogens is 252 g/mol. The molecule has 0 saturated carbocycles. The second-order valence-electron chi connectivity index (χ2n) is 4.02. The topological polar surface area (TPSA) is 63.8 Å². The summed E-state index contributed by atoms with van der Waals surface area (Å²) < 4.78 is 5.47. The zero-order valence-electron chi connectivity index (χ0n) is 10.6. The third kappa shape index (κ3) is 2.61. The van der Waals surface area contributed by atoms with Crippen LogP contribution >= 0.6 is 11.6 Å². The summed E-state index contributed by atoms with van der Waals surface area (Å²) in [6.45, 7) is 5.83. The summed E-state index contributed by atoms with van der Waals surface area (Å²) in [7, 11) is 0. The number of aromatic nitrogens is 3. The van der Waals surface area contributed by atoms with Crippen LogP contribution in [0.5, 0.6) is 0 Å². The predicted molar refractivity (Wildman–Crippen MR) is 69.7 cm³/mol. The van der Waals surface area contributed by atoms with Gasteiger partial charge in [-0.15, -0.1) is 0 Å². The smallest absolute Gasteiger partial charge is 0.216 e. The van der Waals surface area contributed by atoms with E-state index in [1.165, 1.54) is 6.33 Å². The Morgan fingerprint density at radius 1 is 1.39 bits per heavy atom. The molecule has 0 bridgehead atoms. The van der Waals surface area contributed by atoms with Crippen molar-refractivity contribution in [2.45, 2.75) is 33.2 Å². The summed E-state index contributed by atoms with van der Waals surface area (Å²) in [6.07, 6.45) is 3.90. The van der Waals surface area contributed by atoms with Crippen LogP contribution in [0.4, 0.5) is 5.82 Å². The Hall–Kier alpha value is -1.62. The number of hydrogen-bond donors (Lipinski definition) is 1. The van der Waals surface area contributed by atoms with E-state index in [0.29, 0.717) is 11.0 Å². The maximum absolute atomic E-state index is 6.03. The summed E-state index contributed by atoms with van der Waals surface area (Å²) in [5, 5.41) is 3.72. The number of hydrogen-bond acceptors (Lipinski definition) is 5. The molecule has 0 aliphatic heterocycles. The minimum Gasteiger partial charge on any atom is -0.444 e. The van der Waals surface area contributed by atoms with Gasteiger partial charge in [0.25, 0.3) is 0 Å². The third-order valence-corrected chi connectivity index (χ3v) is 2.93. The van der Waals surface area contributed by atoms with E-state index in [0.717, 1.165) is 23.6 Å². The van der Waals surface area contributed by atoms with Crippen molar-refractivity contribution in [3.63, 3.8) is 0 Å². The van der Waals surface area contributed by atoms with Crippen molar-refractivity contribution in [3.05, 3.63) is 34.9 Å². The van der Waals surface area contributed by atoms with Gasteiger partial charge in [0.1, 0.15) is 29.1 Å². The van der Waals surface area contributed by atoms with Crippen molar-refractivity contribution in [1.29, 1.82) is 0 Å². The summed E-state index contributed by atoms with van der Waals surface area (Å²) >= 11 is 6.03. The first-order chi connectivity index (χ1) is 8.61. The van der Waals surface area contributed by atoms with Gasteiger partial charge in [0.05, 0.1) is 6.20 Å². The van der Waals surface area contributed by atoms with Gasteiger partial charge >= 0.3 is 0 Å². The Kier molecular flexibility index (Phi) is 3.81. The fourth-order valence-electron chi connectivity index (χ4n) is 1.67. The van der Waals surface area contributed by atoms with E-state index in [2.05, 4.69) is 20.3 Å². The zero-order valence-corrected chi connectivity index (χ0v) is 11.3. The van der Waals surface area contributed by atoms with Crippen LogP contribution in [0.1, 0.15) is 37.1 Å². The summed E-state index contributed by atoms with van der Waals surface area (Å²) in [5.74, 6) is 2.14. The van der Waals surface area contributed by atoms with Gasteiger partial charge in [-0.2, -0.15) is 0 Å². The fourth-order valence-corrected chi connectivity index (χ4v) is 1.93. The van der Waals surface area contributed by atoms with Gasteiger partial charge in [-0.3, -0.25) is 0 Å². The molecule has 0 aromatic carbocycles. The van der Waals surface area contributed by atoms with Gasteiger partial charge in [-0.05, 0) is 20.3 Å². The number of oxazole rings is 1. The highest BCUT2D eigenvalue weighted by molar-refractivity contribution is 6.30. The molecule has 0 spiro atoms. The number of nitrogens with one attached hydrogen (secondary N) is 1.